The van der Waals surface area contributed by atoms with Gasteiger partial charge in [-0.2, -0.15) is 0 Å². The highest BCUT2D eigenvalue weighted by Crippen LogP contribution is 2.28. The van der Waals surface area contributed by atoms with Gasteiger partial charge in [-0.15, -0.1) is 0 Å². The molecule has 1 unspecified atom stereocenters. The predicted octanol–water partition coefficient (Wildman–Crippen LogP) is 3.67. The van der Waals surface area contributed by atoms with E-state index in [2.05, 4.69) is 38.3 Å². The van der Waals surface area contributed by atoms with Crippen LogP contribution < -0.4 is 10.6 Å². The lowest BCUT2D eigenvalue weighted by Gasteiger charge is -2.31. The highest BCUT2D eigenvalue weighted by Gasteiger charge is 2.25. The van der Waals surface area contributed by atoms with E-state index in [1.165, 1.54) is 4.90 Å². The van der Waals surface area contributed by atoms with Crippen LogP contribution in [0.25, 0.3) is 0 Å². The quantitative estimate of drug-likeness (QED) is 0.515. The molecule has 0 aliphatic carbocycles. The fraction of sp³-hybridized carbons (Fsp3) is 0.632. The van der Waals surface area contributed by atoms with Crippen LogP contribution in [0, 0.1) is 15.5 Å². The number of nitrogens with zero attached hydrogens (tertiary/aromatic N) is 2. The third kappa shape index (κ3) is 5.82. The molecule has 0 aromatic heterocycles. The van der Waals surface area contributed by atoms with E-state index in [0.29, 0.717) is 25.3 Å². The summed E-state index contributed by atoms with van der Waals surface area (Å²) in [6, 6.07) is 5.31. The van der Waals surface area contributed by atoms with Crippen molar-refractivity contribution in [3.8, 4) is 0 Å². The smallest absolute Gasteiger partial charge is 0.407 e. The second kappa shape index (κ2) is 8.56. The zero-order valence-electron chi connectivity index (χ0n) is 16.5. The first kappa shape index (κ1) is 21.0. The molecule has 1 aromatic rings. The molecule has 8 heteroatoms. The third-order valence-corrected chi connectivity index (χ3v) is 5.22. The van der Waals surface area contributed by atoms with Crippen LogP contribution in [0.5, 0.6) is 0 Å². The monoisotopic (exact) mass is 378 g/mol. The van der Waals surface area contributed by atoms with Crippen LogP contribution in [0.1, 0.15) is 46.1 Å². The van der Waals surface area contributed by atoms with Gasteiger partial charge >= 0.3 is 6.09 Å². The Labute approximate surface area is 160 Å². The molecule has 1 heterocycles. The van der Waals surface area contributed by atoms with Crippen LogP contribution in [-0.4, -0.2) is 46.2 Å². The number of hydrogen-bond acceptors (Lipinski definition) is 5. The van der Waals surface area contributed by atoms with Gasteiger partial charge in [-0.25, -0.2) is 4.79 Å². The van der Waals surface area contributed by atoms with Gasteiger partial charge in [-0.05, 0) is 36.8 Å². The number of rotatable bonds is 6. The standard InChI is InChI=1S/C19H30N4O4/c1-13(19(2,3)4)20-11-14-7-8-16(17(10-14)23(26)27)21-15-6-5-9-22(12-15)18(24)25/h7-8,10,13,15,20-21H,5-6,9,11-12H2,1-4H3,(H,24,25)/t13-,15?/m0/s1. The summed E-state index contributed by atoms with van der Waals surface area (Å²) >= 11 is 0. The molecule has 0 radical (unpaired) electrons. The van der Waals surface area contributed by atoms with E-state index in [1.807, 2.05) is 6.07 Å². The summed E-state index contributed by atoms with van der Waals surface area (Å²) in [6.07, 6.45) is 0.572. The van der Waals surface area contributed by atoms with Gasteiger partial charge in [0.15, 0.2) is 0 Å². The number of nitro benzene ring substituents is 1. The fourth-order valence-corrected chi connectivity index (χ4v) is 3.03. The van der Waals surface area contributed by atoms with Crippen molar-refractivity contribution in [2.45, 2.75) is 59.2 Å². The topological polar surface area (TPSA) is 108 Å². The van der Waals surface area contributed by atoms with Gasteiger partial charge in [0.2, 0.25) is 0 Å². The number of carboxylic acid groups (broad SMARTS) is 1. The molecule has 2 rings (SSSR count). The number of piperidine rings is 1. The SMILES string of the molecule is C[C@H](NCc1ccc(NC2CCCN(C(=O)O)C2)c([N+](=O)[O-])c1)C(C)(C)C. The molecule has 1 saturated heterocycles. The van der Waals surface area contributed by atoms with E-state index in [9.17, 15) is 14.9 Å². The lowest BCUT2D eigenvalue weighted by Crippen LogP contribution is -2.44. The summed E-state index contributed by atoms with van der Waals surface area (Å²) in [5.41, 5.74) is 1.40. The molecule has 1 fully saturated rings. The minimum Gasteiger partial charge on any atom is -0.465 e. The van der Waals surface area contributed by atoms with Gasteiger partial charge in [-0.3, -0.25) is 10.1 Å². The molecular weight excluding hydrogens is 348 g/mol. The molecule has 1 aromatic carbocycles. The molecule has 27 heavy (non-hydrogen) atoms. The second-order valence-electron chi connectivity index (χ2n) is 8.29. The van der Waals surface area contributed by atoms with Crippen molar-refractivity contribution in [2.75, 3.05) is 18.4 Å². The molecular formula is C19H30N4O4. The molecule has 0 bridgehead atoms. The number of nitrogens with one attached hydrogen (secondary N) is 2. The van der Waals surface area contributed by atoms with Gasteiger partial charge in [0.25, 0.3) is 5.69 Å². The largest absolute Gasteiger partial charge is 0.465 e. The zero-order valence-corrected chi connectivity index (χ0v) is 16.5. The van der Waals surface area contributed by atoms with E-state index < -0.39 is 11.0 Å². The predicted molar refractivity (Wildman–Crippen MR) is 105 cm³/mol. The Morgan fingerprint density at radius 2 is 2.15 bits per heavy atom. The molecule has 3 N–H and O–H groups in total. The highest BCUT2D eigenvalue weighted by molar-refractivity contribution is 5.66. The van der Waals surface area contributed by atoms with Crippen LogP contribution in [0.2, 0.25) is 0 Å². The molecule has 2 atom stereocenters. The Balaban J connectivity index is 2.09. The van der Waals surface area contributed by atoms with Crippen molar-refractivity contribution in [1.82, 2.24) is 10.2 Å². The van der Waals surface area contributed by atoms with E-state index in [0.717, 1.165) is 18.4 Å². The van der Waals surface area contributed by atoms with E-state index in [1.54, 1.807) is 12.1 Å². The van der Waals surface area contributed by atoms with Crippen molar-refractivity contribution < 1.29 is 14.8 Å². The van der Waals surface area contributed by atoms with E-state index in [-0.39, 0.29) is 23.2 Å². The van der Waals surface area contributed by atoms with E-state index >= 15 is 0 Å². The van der Waals surface area contributed by atoms with Gasteiger partial charge in [-0.1, -0.05) is 26.8 Å². The number of carbonyl (C=O) groups is 1. The lowest BCUT2D eigenvalue weighted by atomic mass is 9.88. The summed E-state index contributed by atoms with van der Waals surface area (Å²) < 4.78 is 0. The number of amides is 1. The van der Waals surface area contributed by atoms with Gasteiger partial charge < -0.3 is 20.6 Å². The van der Waals surface area contributed by atoms with Crippen LogP contribution in [0.15, 0.2) is 18.2 Å². The summed E-state index contributed by atoms with van der Waals surface area (Å²) in [4.78, 5) is 23.6. The fourth-order valence-electron chi connectivity index (χ4n) is 3.03. The van der Waals surface area contributed by atoms with Gasteiger partial charge in [0.05, 0.1) is 4.92 Å². The van der Waals surface area contributed by atoms with Crippen LogP contribution in [-0.2, 0) is 6.54 Å². The van der Waals surface area contributed by atoms with Crippen molar-refractivity contribution in [1.29, 1.82) is 0 Å². The lowest BCUT2D eigenvalue weighted by molar-refractivity contribution is -0.384. The van der Waals surface area contributed by atoms with Crippen molar-refractivity contribution in [3.05, 3.63) is 33.9 Å². The highest BCUT2D eigenvalue weighted by atomic mass is 16.6. The molecule has 8 nitrogen and oxygen atoms in total. The summed E-state index contributed by atoms with van der Waals surface area (Å²) in [5.74, 6) is 0. The Bertz CT molecular complexity index is 687. The summed E-state index contributed by atoms with van der Waals surface area (Å²) in [6.45, 7) is 9.92. The average Bonchev–Trinajstić information content (AvgIpc) is 2.59. The van der Waals surface area contributed by atoms with E-state index in [4.69, 9.17) is 5.11 Å². The molecule has 1 aliphatic heterocycles. The molecule has 1 aliphatic rings. The first-order valence-corrected chi connectivity index (χ1v) is 9.33. The second-order valence-corrected chi connectivity index (χ2v) is 8.29. The number of anilines is 1. The Kier molecular flexibility index (Phi) is 6.64. The maximum atomic E-state index is 11.5. The molecule has 0 spiro atoms. The number of nitro groups is 1. The third-order valence-electron chi connectivity index (χ3n) is 5.22. The van der Waals surface area contributed by atoms with Crippen molar-refractivity contribution >= 4 is 17.5 Å². The maximum Gasteiger partial charge on any atom is 0.407 e. The van der Waals surface area contributed by atoms with Crippen molar-refractivity contribution in [2.24, 2.45) is 5.41 Å². The zero-order chi connectivity index (χ0) is 20.2. The maximum absolute atomic E-state index is 11.5. The van der Waals surface area contributed by atoms with Crippen molar-refractivity contribution in [3.63, 3.8) is 0 Å². The summed E-state index contributed by atoms with van der Waals surface area (Å²) in [7, 11) is 0. The van der Waals surface area contributed by atoms with Crippen LogP contribution in [0.3, 0.4) is 0 Å². The minimum atomic E-state index is -0.953. The van der Waals surface area contributed by atoms with Gasteiger partial charge in [0.1, 0.15) is 5.69 Å². The Hall–Kier alpha value is -2.35. The first-order chi connectivity index (χ1) is 12.6. The number of likely N-dealkylation sites (tertiary alicyclic amines) is 1. The molecule has 150 valence electrons. The minimum absolute atomic E-state index is 0.0187. The summed E-state index contributed by atoms with van der Waals surface area (Å²) in [5, 5.41) is 27.2. The Morgan fingerprint density at radius 3 is 2.74 bits per heavy atom. The van der Waals surface area contributed by atoms with Crippen LogP contribution >= 0.6 is 0 Å². The molecule has 1 amide bonds. The average molecular weight is 378 g/mol. The first-order valence-electron chi connectivity index (χ1n) is 9.33. The number of hydrogen-bond donors (Lipinski definition) is 3. The molecule has 0 saturated carbocycles. The van der Waals surface area contributed by atoms with Gasteiger partial charge in [0, 0.05) is 37.8 Å². The number of benzene rings is 1. The Morgan fingerprint density at radius 1 is 1.44 bits per heavy atom. The normalized spacial score (nSPS) is 18.8. The van der Waals surface area contributed by atoms with Crippen LogP contribution in [0.4, 0.5) is 16.2 Å².